The minimum atomic E-state index is -1.18. The van der Waals surface area contributed by atoms with Crippen LogP contribution < -0.4 is 0 Å². The van der Waals surface area contributed by atoms with Crippen LogP contribution in [0, 0.1) is 17.8 Å². The molecule has 3 amide bonds. The summed E-state index contributed by atoms with van der Waals surface area (Å²) in [6.45, 7) is 14.9. The fourth-order valence-corrected chi connectivity index (χ4v) is 8.04. The highest BCUT2D eigenvalue weighted by molar-refractivity contribution is 9.09. The number of amides is 3. The Labute approximate surface area is 252 Å². The van der Waals surface area contributed by atoms with Crippen molar-refractivity contribution in [3.05, 3.63) is 61.2 Å². The smallest absolute Gasteiger partial charge is 0.249 e. The van der Waals surface area contributed by atoms with Gasteiger partial charge in [-0.05, 0) is 24.3 Å². The minimum absolute atomic E-state index is 0.0695. The molecule has 8 atom stereocenters. The number of aliphatic hydroxyl groups excluding tert-OH is 1. The maximum Gasteiger partial charge on any atom is 0.249 e. The first-order chi connectivity index (χ1) is 19.7. The molecule has 0 saturated carbocycles. The molecule has 8 nitrogen and oxygen atoms in total. The highest BCUT2D eigenvalue weighted by Gasteiger charge is 2.77. The summed E-state index contributed by atoms with van der Waals surface area (Å²) in [5, 5.41) is 10.6. The van der Waals surface area contributed by atoms with Crippen LogP contribution >= 0.6 is 15.9 Å². The van der Waals surface area contributed by atoms with Crippen LogP contribution in [0.2, 0.25) is 0 Å². The highest BCUT2D eigenvalue weighted by atomic mass is 79.9. The van der Waals surface area contributed by atoms with Gasteiger partial charge in [-0.15, -0.1) is 13.2 Å². The summed E-state index contributed by atoms with van der Waals surface area (Å²) in [5.74, 6) is -2.30. The predicted molar refractivity (Wildman–Crippen MR) is 162 cm³/mol. The Morgan fingerprint density at radius 1 is 1.17 bits per heavy atom. The number of halogens is 1. The maximum atomic E-state index is 14.7. The minimum Gasteiger partial charge on any atom is -0.394 e. The van der Waals surface area contributed by atoms with Crippen molar-refractivity contribution < 1.29 is 24.2 Å². The number of fused-ring (bicyclic) bond motifs is 1. The molecule has 3 unspecified atom stereocenters. The summed E-state index contributed by atoms with van der Waals surface area (Å²) >= 11 is 3.76. The van der Waals surface area contributed by atoms with E-state index in [1.165, 1.54) is 0 Å². The van der Waals surface area contributed by atoms with Crippen LogP contribution in [0.15, 0.2) is 55.6 Å². The third-order valence-corrected chi connectivity index (χ3v) is 9.97. The molecule has 3 aliphatic heterocycles. The first kappa shape index (κ1) is 31.4. The fourth-order valence-electron chi connectivity index (χ4n) is 7.09. The summed E-state index contributed by atoms with van der Waals surface area (Å²) in [5.41, 5.74) is -0.230. The van der Waals surface area contributed by atoms with Crippen LogP contribution in [0.4, 0.5) is 0 Å². The molecule has 1 aromatic rings. The Hall–Kier alpha value is -2.49. The maximum absolute atomic E-state index is 14.7. The Morgan fingerprint density at radius 3 is 2.41 bits per heavy atom. The van der Waals surface area contributed by atoms with Crippen molar-refractivity contribution in [3.63, 3.8) is 0 Å². The molecule has 3 fully saturated rings. The van der Waals surface area contributed by atoms with Gasteiger partial charge in [-0.2, -0.15) is 0 Å². The van der Waals surface area contributed by atoms with Crippen LogP contribution in [-0.4, -0.2) is 92.4 Å². The van der Waals surface area contributed by atoms with Crippen molar-refractivity contribution in [3.8, 4) is 0 Å². The van der Waals surface area contributed by atoms with Gasteiger partial charge in [0.15, 0.2) is 0 Å². The van der Waals surface area contributed by atoms with Crippen LogP contribution in [0.1, 0.15) is 45.6 Å². The van der Waals surface area contributed by atoms with Crippen molar-refractivity contribution in [2.45, 2.75) is 75.2 Å². The van der Waals surface area contributed by atoms with Crippen molar-refractivity contribution in [1.29, 1.82) is 0 Å². The van der Waals surface area contributed by atoms with Gasteiger partial charge in [0.1, 0.15) is 11.6 Å². The van der Waals surface area contributed by atoms with Gasteiger partial charge in [0.05, 0.1) is 30.6 Å². The molecule has 3 heterocycles. The monoisotopic (exact) mass is 629 g/mol. The molecule has 1 aromatic carbocycles. The van der Waals surface area contributed by atoms with Crippen molar-refractivity contribution in [2.75, 3.05) is 26.2 Å². The molecule has 4 rings (SSSR count). The van der Waals surface area contributed by atoms with E-state index in [1.54, 1.807) is 26.9 Å². The van der Waals surface area contributed by atoms with Gasteiger partial charge < -0.3 is 24.5 Å². The molecule has 224 valence electrons. The molecular formula is C32H44BrN3O5. The molecule has 41 heavy (non-hydrogen) atoms. The van der Waals surface area contributed by atoms with Gasteiger partial charge in [0, 0.05) is 31.0 Å². The molecular weight excluding hydrogens is 586 g/mol. The van der Waals surface area contributed by atoms with E-state index in [0.717, 1.165) is 12.0 Å². The lowest BCUT2D eigenvalue weighted by Gasteiger charge is -2.41. The molecule has 3 aliphatic rings. The van der Waals surface area contributed by atoms with E-state index in [9.17, 15) is 19.5 Å². The van der Waals surface area contributed by atoms with Gasteiger partial charge in [-0.25, -0.2) is 0 Å². The molecule has 1 spiro atoms. The molecule has 3 saturated heterocycles. The summed E-state index contributed by atoms with van der Waals surface area (Å²) in [7, 11) is 0. The second-order valence-corrected chi connectivity index (χ2v) is 12.8. The topological polar surface area (TPSA) is 90.4 Å². The second-order valence-electron chi connectivity index (χ2n) is 11.6. The quantitative estimate of drug-likeness (QED) is 0.250. The van der Waals surface area contributed by atoms with E-state index in [4.69, 9.17) is 4.74 Å². The summed E-state index contributed by atoms with van der Waals surface area (Å²) in [6, 6.07) is 8.13. The number of rotatable bonds is 14. The normalized spacial score (nSPS) is 29.6. The van der Waals surface area contributed by atoms with E-state index >= 15 is 0 Å². The first-order valence-corrected chi connectivity index (χ1v) is 15.7. The Balaban J connectivity index is 1.82. The number of hydrogen-bond donors (Lipinski definition) is 1. The van der Waals surface area contributed by atoms with Crippen molar-refractivity contribution in [1.82, 2.24) is 14.7 Å². The number of ether oxygens (including phenoxy) is 1. The number of hydrogen-bond acceptors (Lipinski definition) is 5. The molecule has 0 radical (unpaired) electrons. The largest absolute Gasteiger partial charge is 0.394 e. The zero-order valence-electron chi connectivity index (χ0n) is 24.5. The van der Waals surface area contributed by atoms with Crippen LogP contribution in [-0.2, 0) is 25.7 Å². The molecule has 2 bridgehead atoms. The van der Waals surface area contributed by atoms with E-state index in [1.807, 2.05) is 51.1 Å². The lowest BCUT2D eigenvalue weighted by atomic mass is 9.70. The number of alkyl halides is 1. The average molecular weight is 631 g/mol. The molecule has 1 N–H and O–H groups in total. The number of aliphatic hydroxyl groups is 1. The SMILES string of the molecule is C=CCN(Cc1ccccc1)C(=O)C1N([C@@H](CO)[C@@H](C)CC)C(=O)[C@@H]2[C@H](C(=O)N(CC=C)CCC)[C@H]3OC12CC3Br. The Kier molecular flexibility index (Phi) is 10.1. The lowest BCUT2D eigenvalue weighted by Crippen LogP contribution is -2.59. The number of carbonyl (C=O) groups excluding carboxylic acids is 3. The third-order valence-electron chi connectivity index (χ3n) is 9.12. The molecule has 0 aliphatic carbocycles. The molecule has 0 aromatic heterocycles. The van der Waals surface area contributed by atoms with Crippen molar-refractivity contribution >= 4 is 33.7 Å². The number of likely N-dealkylation sites (tertiary alicyclic amines) is 1. The van der Waals surface area contributed by atoms with E-state index in [-0.39, 0.29) is 41.6 Å². The summed E-state index contributed by atoms with van der Waals surface area (Å²) < 4.78 is 6.72. The van der Waals surface area contributed by atoms with Gasteiger partial charge in [-0.3, -0.25) is 14.4 Å². The standard InChI is InChI=1S/C32H44BrN3O5/c1-6-15-34(16-7-2)29(38)25-26-30(39)36(24(20-37)21(5)9-4)28(32(26)18-23(33)27(25)41-32)31(40)35(17-8-3)19-22-13-11-10-12-14-22/h6,8,10-14,21,23-28,37H,1,3,7,9,15-20H2,2,4-5H3/t21-,23?,24-,25-,26-,27-,28?,32?/m0/s1. The van der Waals surface area contributed by atoms with Crippen molar-refractivity contribution in [2.24, 2.45) is 17.8 Å². The number of carbonyl (C=O) groups is 3. The number of benzene rings is 1. The van der Waals surface area contributed by atoms with Gasteiger partial charge in [0.2, 0.25) is 17.7 Å². The first-order valence-electron chi connectivity index (χ1n) is 14.8. The van der Waals surface area contributed by atoms with E-state index in [0.29, 0.717) is 32.5 Å². The van der Waals surface area contributed by atoms with Gasteiger partial charge in [-0.1, -0.05) is 85.6 Å². The van der Waals surface area contributed by atoms with Crippen LogP contribution in [0.3, 0.4) is 0 Å². The average Bonchev–Trinajstić information content (AvgIpc) is 3.56. The zero-order valence-corrected chi connectivity index (χ0v) is 26.0. The third kappa shape index (κ3) is 5.53. The van der Waals surface area contributed by atoms with Gasteiger partial charge in [0.25, 0.3) is 0 Å². The fraction of sp³-hybridized carbons (Fsp3) is 0.594. The predicted octanol–water partition coefficient (Wildman–Crippen LogP) is 3.78. The second kappa shape index (κ2) is 13.2. The number of nitrogens with zero attached hydrogens (tertiary/aromatic N) is 3. The molecule has 9 heteroatoms. The van der Waals surface area contributed by atoms with Crippen LogP contribution in [0.5, 0.6) is 0 Å². The Morgan fingerprint density at radius 2 is 1.83 bits per heavy atom. The van der Waals surface area contributed by atoms with E-state index < -0.39 is 35.6 Å². The summed E-state index contributed by atoms with van der Waals surface area (Å²) in [4.78, 5) is 48.1. The van der Waals surface area contributed by atoms with Crippen LogP contribution in [0.25, 0.3) is 0 Å². The summed E-state index contributed by atoms with van der Waals surface area (Å²) in [6.07, 6.45) is 4.75. The zero-order chi connectivity index (χ0) is 29.9. The van der Waals surface area contributed by atoms with Gasteiger partial charge >= 0.3 is 0 Å². The Bertz CT molecular complexity index is 1130. The van der Waals surface area contributed by atoms with E-state index in [2.05, 4.69) is 29.1 Å². The lowest BCUT2D eigenvalue weighted by molar-refractivity contribution is -0.153. The highest BCUT2D eigenvalue weighted by Crippen LogP contribution is 2.61.